The van der Waals surface area contributed by atoms with Crippen LogP contribution in [0.4, 0.5) is 0 Å². The van der Waals surface area contributed by atoms with Crippen LogP contribution in [-0.4, -0.2) is 60.6 Å². The second-order valence-corrected chi connectivity index (χ2v) is 6.24. The third kappa shape index (κ3) is 4.74. The highest BCUT2D eigenvalue weighted by atomic mass is 16.5. The lowest BCUT2D eigenvalue weighted by atomic mass is 10.0. The Hall–Kier alpha value is -0.610. The van der Waals surface area contributed by atoms with Gasteiger partial charge in [-0.1, -0.05) is 13.3 Å². The first-order valence-corrected chi connectivity index (χ1v) is 8.32. The molecule has 0 N–H and O–H groups in total. The lowest BCUT2D eigenvalue weighted by molar-refractivity contribution is -0.132. The zero-order valence-electron chi connectivity index (χ0n) is 13.1. The van der Waals surface area contributed by atoms with Gasteiger partial charge in [-0.25, -0.2) is 0 Å². The molecule has 0 spiro atoms. The van der Waals surface area contributed by atoms with Crippen molar-refractivity contribution in [3.63, 3.8) is 0 Å². The summed E-state index contributed by atoms with van der Waals surface area (Å²) in [7, 11) is 0. The minimum atomic E-state index is 0.202. The van der Waals surface area contributed by atoms with Crippen molar-refractivity contribution in [2.75, 3.05) is 32.7 Å². The number of likely N-dealkylation sites (tertiary alicyclic amines) is 2. The highest BCUT2D eigenvalue weighted by Gasteiger charge is 2.26. The molecule has 0 aromatic carbocycles. The van der Waals surface area contributed by atoms with Gasteiger partial charge in [0, 0.05) is 33.1 Å². The van der Waals surface area contributed by atoms with E-state index in [0.717, 1.165) is 25.9 Å². The van der Waals surface area contributed by atoms with Gasteiger partial charge >= 0.3 is 0 Å². The summed E-state index contributed by atoms with van der Waals surface area (Å²) in [4.78, 5) is 15.8. The highest BCUT2D eigenvalue weighted by Crippen LogP contribution is 2.21. The quantitative estimate of drug-likeness (QED) is 0.775. The molecule has 4 nitrogen and oxygen atoms in total. The Balaban J connectivity index is 1.63. The molecule has 0 radical (unpaired) electrons. The van der Waals surface area contributed by atoms with Gasteiger partial charge in [-0.3, -0.25) is 4.79 Å². The van der Waals surface area contributed by atoms with Gasteiger partial charge in [0.25, 0.3) is 0 Å². The fourth-order valence-electron chi connectivity index (χ4n) is 3.23. The normalized spacial score (nSPS) is 23.2. The molecule has 1 amide bonds. The van der Waals surface area contributed by atoms with Gasteiger partial charge in [0.15, 0.2) is 0 Å². The first-order chi connectivity index (χ1) is 9.69. The predicted octanol–water partition coefficient (Wildman–Crippen LogP) is 2.28. The molecule has 0 bridgehead atoms. The Bertz CT molecular complexity index is 293. The van der Waals surface area contributed by atoms with Crippen molar-refractivity contribution in [2.45, 2.75) is 64.6 Å². The predicted molar refractivity (Wildman–Crippen MR) is 80.7 cm³/mol. The molecule has 2 aliphatic rings. The number of carbonyl (C=O) groups excluding carboxylic acids is 1. The molecule has 0 atom stereocenters. The summed E-state index contributed by atoms with van der Waals surface area (Å²) in [5.74, 6) is 0.202. The van der Waals surface area contributed by atoms with E-state index in [1.54, 1.807) is 6.92 Å². The summed E-state index contributed by atoms with van der Waals surface area (Å²) in [5, 5.41) is 0. The third-order valence-corrected chi connectivity index (χ3v) is 4.63. The number of ether oxygens (including phenoxy) is 1. The van der Waals surface area contributed by atoms with Crippen LogP contribution in [0.15, 0.2) is 0 Å². The van der Waals surface area contributed by atoms with Crippen molar-refractivity contribution >= 4 is 5.91 Å². The lowest BCUT2D eigenvalue weighted by Gasteiger charge is -2.37. The Kier molecular flexibility index (Phi) is 6.30. The van der Waals surface area contributed by atoms with Crippen molar-refractivity contribution < 1.29 is 9.53 Å². The lowest BCUT2D eigenvalue weighted by Crippen LogP contribution is -2.43. The standard InChI is InChI=1S/C16H30N2O2/c1-3-4-9-17-10-5-15(6-11-17)20-16-7-12-18(13-8-16)14(2)19/h15-16H,3-13H2,1-2H3. The maximum absolute atomic E-state index is 11.3. The Morgan fingerprint density at radius 1 is 1.05 bits per heavy atom. The maximum Gasteiger partial charge on any atom is 0.219 e. The summed E-state index contributed by atoms with van der Waals surface area (Å²) in [5.41, 5.74) is 0. The van der Waals surface area contributed by atoms with Crippen LogP contribution in [0.25, 0.3) is 0 Å². The average Bonchev–Trinajstić information content (AvgIpc) is 2.47. The van der Waals surface area contributed by atoms with Crippen molar-refractivity contribution in [1.29, 1.82) is 0 Å². The number of carbonyl (C=O) groups is 1. The van der Waals surface area contributed by atoms with Crippen LogP contribution in [0.2, 0.25) is 0 Å². The molecule has 0 unspecified atom stereocenters. The van der Waals surface area contributed by atoms with Crippen LogP contribution in [0.1, 0.15) is 52.4 Å². The second kappa shape index (κ2) is 7.99. The molecule has 20 heavy (non-hydrogen) atoms. The first kappa shape index (κ1) is 15.8. The topological polar surface area (TPSA) is 32.8 Å². The Morgan fingerprint density at radius 3 is 2.10 bits per heavy atom. The molecule has 2 fully saturated rings. The summed E-state index contributed by atoms with van der Waals surface area (Å²) >= 11 is 0. The van der Waals surface area contributed by atoms with E-state index in [-0.39, 0.29) is 5.91 Å². The molecule has 116 valence electrons. The monoisotopic (exact) mass is 282 g/mol. The molecule has 0 aromatic heterocycles. The van der Waals surface area contributed by atoms with E-state index in [2.05, 4.69) is 11.8 Å². The van der Waals surface area contributed by atoms with E-state index in [0.29, 0.717) is 12.2 Å². The summed E-state index contributed by atoms with van der Waals surface area (Å²) < 4.78 is 6.25. The van der Waals surface area contributed by atoms with E-state index in [4.69, 9.17) is 4.74 Å². The molecule has 0 aliphatic carbocycles. The molecule has 2 rings (SSSR count). The highest BCUT2D eigenvalue weighted by molar-refractivity contribution is 5.73. The zero-order chi connectivity index (χ0) is 14.4. The number of rotatable bonds is 5. The molecule has 4 heteroatoms. The molecule has 2 saturated heterocycles. The second-order valence-electron chi connectivity index (χ2n) is 6.24. The largest absolute Gasteiger partial charge is 0.375 e. The molecule has 0 saturated carbocycles. The fourth-order valence-corrected chi connectivity index (χ4v) is 3.23. The smallest absolute Gasteiger partial charge is 0.219 e. The number of nitrogens with zero attached hydrogens (tertiary/aromatic N) is 2. The Labute approximate surface area is 123 Å². The molecule has 2 aliphatic heterocycles. The number of unbranched alkanes of at least 4 members (excludes halogenated alkanes) is 1. The molecule has 2 heterocycles. The van der Waals surface area contributed by atoms with Crippen LogP contribution >= 0.6 is 0 Å². The Morgan fingerprint density at radius 2 is 1.60 bits per heavy atom. The van der Waals surface area contributed by atoms with Gasteiger partial charge < -0.3 is 14.5 Å². The van der Waals surface area contributed by atoms with Crippen molar-refractivity contribution in [3.05, 3.63) is 0 Å². The van der Waals surface area contributed by atoms with Gasteiger partial charge in [-0.15, -0.1) is 0 Å². The fraction of sp³-hybridized carbons (Fsp3) is 0.938. The van der Waals surface area contributed by atoms with Crippen LogP contribution in [-0.2, 0) is 9.53 Å². The van der Waals surface area contributed by atoms with E-state index in [1.165, 1.54) is 45.3 Å². The van der Waals surface area contributed by atoms with E-state index in [9.17, 15) is 4.79 Å². The SMILES string of the molecule is CCCCN1CCC(OC2CCN(C(C)=O)CC2)CC1. The van der Waals surface area contributed by atoms with Gasteiger partial charge in [0.05, 0.1) is 12.2 Å². The van der Waals surface area contributed by atoms with Crippen LogP contribution in [0, 0.1) is 0 Å². The van der Waals surface area contributed by atoms with Gasteiger partial charge in [-0.2, -0.15) is 0 Å². The van der Waals surface area contributed by atoms with E-state index >= 15 is 0 Å². The summed E-state index contributed by atoms with van der Waals surface area (Å²) in [6.07, 6.45) is 7.79. The molecule has 0 aromatic rings. The zero-order valence-corrected chi connectivity index (χ0v) is 13.1. The minimum absolute atomic E-state index is 0.202. The molecular weight excluding hydrogens is 252 g/mol. The van der Waals surface area contributed by atoms with Gasteiger partial charge in [-0.05, 0) is 38.6 Å². The van der Waals surface area contributed by atoms with Gasteiger partial charge in [0.2, 0.25) is 5.91 Å². The summed E-state index contributed by atoms with van der Waals surface area (Å²) in [6, 6.07) is 0. The van der Waals surface area contributed by atoms with E-state index in [1.807, 2.05) is 4.90 Å². The van der Waals surface area contributed by atoms with Gasteiger partial charge in [0.1, 0.15) is 0 Å². The van der Waals surface area contributed by atoms with Crippen molar-refractivity contribution in [2.24, 2.45) is 0 Å². The van der Waals surface area contributed by atoms with E-state index < -0.39 is 0 Å². The van der Waals surface area contributed by atoms with Crippen LogP contribution in [0.3, 0.4) is 0 Å². The average molecular weight is 282 g/mol. The van der Waals surface area contributed by atoms with Crippen LogP contribution in [0.5, 0.6) is 0 Å². The number of amides is 1. The number of hydrogen-bond acceptors (Lipinski definition) is 3. The number of hydrogen-bond donors (Lipinski definition) is 0. The maximum atomic E-state index is 11.3. The van der Waals surface area contributed by atoms with Crippen molar-refractivity contribution in [1.82, 2.24) is 9.80 Å². The minimum Gasteiger partial charge on any atom is -0.375 e. The third-order valence-electron chi connectivity index (χ3n) is 4.63. The van der Waals surface area contributed by atoms with Crippen LogP contribution < -0.4 is 0 Å². The first-order valence-electron chi connectivity index (χ1n) is 8.32. The van der Waals surface area contributed by atoms with Crippen molar-refractivity contribution in [3.8, 4) is 0 Å². The summed E-state index contributed by atoms with van der Waals surface area (Å²) in [6.45, 7) is 9.29. The molecular formula is C16H30N2O2. The number of piperidine rings is 2.